The Morgan fingerprint density at radius 2 is 2.12 bits per heavy atom. The second-order valence-electron chi connectivity index (χ2n) is 5.06. The third-order valence-electron chi connectivity index (χ3n) is 3.46. The van der Waals surface area contributed by atoms with Crippen LogP contribution < -0.4 is 21.1 Å². The number of aliphatic hydroxyl groups is 2. The van der Waals surface area contributed by atoms with Gasteiger partial charge in [-0.05, 0) is 0 Å². The van der Waals surface area contributed by atoms with E-state index in [-0.39, 0.29) is 34.2 Å². The second kappa shape index (κ2) is 7.11. The number of nitrogen functional groups attached to an aromatic ring is 1. The van der Waals surface area contributed by atoms with Crippen molar-refractivity contribution in [2.24, 2.45) is 0 Å². The van der Waals surface area contributed by atoms with E-state index in [1.807, 2.05) is 0 Å². The van der Waals surface area contributed by atoms with Gasteiger partial charge in [-0.3, -0.25) is 14.3 Å². The molecule has 0 bridgehead atoms. The summed E-state index contributed by atoms with van der Waals surface area (Å²) in [5.74, 6) is -0.194. The molecule has 13 nitrogen and oxygen atoms in total. The first-order valence-corrected chi connectivity index (χ1v) is 8.04. The van der Waals surface area contributed by atoms with Crippen LogP contribution in [0.4, 0.5) is 5.95 Å². The monoisotopic (exact) mass is 417 g/mol. The van der Waals surface area contributed by atoms with Crippen LogP contribution in [0, 0.1) is 0 Å². The summed E-state index contributed by atoms with van der Waals surface area (Å²) in [5.41, 5.74) is 4.77. The molecular formula is C10H12FeN5O8P. The van der Waals surface area contributed by atoms with Crippen LogP contribution >= 0.6 is 7.82 Å². The number of aliphatic hydroxyl groups excluding tert-OH is 2. The number of hydrogen-bond donors (Lipinski definition) is 4. The van der Waals surface area contributed by atoms with Gasteiger partial charge in [-0.25, -0.2) is 4.98 Å². The van der Waals surface area contributed by atoms with Gasteiger partial charge in [0.05, 0.1) is 20.8 Å². The first-order valence-electron chi connectivity index (χ1n) is 6.58. The molecule has 5 N–H and O–H groups in total. The summed E-state index contributed by atoms with van der Waals surface area (Å²) < 4.78 is 21.0. The summed E-state index contributed by atoms with van der Waals surface area (Å²) in [6.07, 6.45) is -4.46. The Hall–Kier alpha value is -1.34. The van der Waals surface area contributed by atoms with Crippen molar-refractivity contribution in [3.05, 3.63) is 16.7 Å². The van der Waals surface area contributed by atoms with E-state index in [0.717, 1.165) is 10.9 Å². The number of nitrogens with one attached hydrogen (secondary N) is 1. The molecule has 138 valence electrons. The maximum Gasteiger partial charge on any atom is 2.00 e. The number of imidazole rings is 1. The van der Waals surface area contributed by atoms with E-state index < -0.39 is 44.5 Å². The Morgan fingerprint density at radius 1 is 1.44 bits per heavy atom. The molecule has 0 aromatic carbocycles. The van der Waals surface area contributed by atoms with Crippen molar-refractivity contribution in [1.82, 2.24) is 19.5 Å². The van der Waals surface area contributed by atoms with Crippen molar-refractivity contribution < 1.29 is 50.9 Å². The molecule has 25 heavy (non-hydrogen) atoms. The fourth-order valence-electron chi connectivity index (χ4n) is 2.39. The topological polar surface area (TPSA) is 212 Å². The van der Waals surface area contributed by atoms with Crippen LogP contribution in [0.3, 0.4) is 0 Å². The normalized spacial score (nSPS) is 26.7. The Balaban J connectivity index is 0.00000225. The Bertz CT molecular complexity index is 867. The summed E-state index contributed by atoms with van der Waals surface area (Å²) in [5, 5.41) is 20.0. The predicted molar refractivity (Wildman–Crippen MR) is 72.0 cm³/mol. The number of H-pyrrole nitrogens is 1. The molecule has 0 spiro atoms. The molecule has 1 aliphatic rings. The summed E-state index contributed by atoms with van der Waals surface area (Å²) >= 11 is 0. The zero-order valence-corrected chi connectivity index (χ0v) is 14.2. The van der Waals surface area contributed by atoms with Crippen LogP contribution in [0.15, 0.2) is 11.1 Å². The number of ether oxygens (including phenoxy) is 1. The van der Waals surface area contributed by atoms with Crippen molar-refractivity contribution in [3.8, 4) is 0 Å². The molecule has 0 saturated carbocycles. The van der Waals surface area contributed by atoms with Gasteiger partial charge in [0.15, 0.2) is 17.4 Å². The summed E-state index contributed by atoms with van der Waals surface area (Å²) in [4.78, 5) is 42.7. The molecule has 2 aromatic rings. The molecule has 3 rings (SSSR count). The first kappa shape index (κ1) is 20.0. The van der Waals surface area contributed by atoms with E-state index in [4.69, 9.17) is 10.5 Å². The van der Waals surface area contributed by atoms with Gasteiger partial charge in [-0.2, -0.15) is 4.98 Å². The van der Waals surface area contributed by atoms with Gasteiger partial charge in [-0.1, -0.05) is 0 Å². The number of phosphoric acid groups is 1. The minimum absolute atomic E-state index is 0. The molecule has 0 unspecified atom stereocenters. The smallest absolute Gasteiger partial charge is 0.790 e. The molecule has 4 atom stereocenters. The van der Waals surface area contributed by atoms with Gasteiger partial charge in [0, 0.05) is 0 Å². The largest absolute Gasteiger partial charge is 2.00 e. The number of aromatic nitrogens is 4. The number of rotatable bonds is 4. The molecule has 3 heterocycles. The minimum Gasteiger partial charge on any atom is -0.790 e. The van der Waals surface area contributed by atoms with Gasteiger partial charge in [0.2, 0.25) is 5.95 Å². The maximum atomic E-state index is 11.7. The number of fused-ring (bicyclic) bond motifs is 1. The molecular weight excluding hydrogens is 405 g/mol. The number of hydrogen-bond acceptors (Lipinski definition) is 11. The SMILES string of the molecule is Nc1nc2c(ncn2[C@@H]2O[C@H](COP(=O)([O-])[O-])[C@@H](O)[C@H]2O)c(=O)[nH]1.[Fe+2]. The molecule has 2 aromatic heterocycles. The summed E-state index contributed by atoms with van der Waals surface area (Å²) in [7, 11) is -5.26. The van der Waals surface area contributed by atoms with E-state index >= 15 is 0 Å². The number of aromatic amines is 1. The van der Waals surface area contributed by atoms with Crippen molar-refractivity contribution >= 4 is 24.9 Å². The third kappa shape index (κ3) is 3.92. The second-order valence-corrected chi connectivity index (χ2v) is 6.22. The summed E-state index contributed by atoms with van der Waals surface area (Å²) in [6, 6.07) is 0. The maximum absolute atomic E-state index is 11.7. The predicted octanol–water partition coefficient (Wildman–Crippen LogP) is -3.84. The molecule has 0 amide bonds. The van der Waals surface area contributed by atoms with Crippen LogP contribution in [0.2, 0.25) is 0 Å². The van der Waals surface area contributed by atoms with E-state index in [1.54, 1.807) is 0 Å². The molecule has 15 heteroatoms. The number of phosphoric ester groups is 1. The average Bonchev–Trinajstić information content (AvgIpc) is 3.00. The zero-order chi connectivity index (χ0) is 17.6. The van der Waals surface area contributed by atoms with Crippen LogP contribution in [0.1, 0.15) is 6.23 Å². The van der Waals surface area contributed by atoms with Gasteiger partial charge in [-0.15, -0.1) is 0 Å². The number of anilines is 1. The van der Waals surface area contributed by atoms with Crippen molar-refractivity contribution in [2.75, 3.05) is 12.3 Å². The van der Waals surface area contributed by atoms with Gasteiger partial charge < -0.3 is 39.6 Å². The molecule has 1 aliphatic heterocycles. The fourth-order valence-corrected chi connectivity index (χ4v) is 2.72. The van der Waals surface area contributed by atoms with E-state index in [9.17, 15) is 29.4 Å². The zero-order valence-electron chi connectivity index (χ0n) is 12.2. The Kier molecular flexibility index (Phi) is 5.68. The van der Waals surface area contributed by atoms with E-state index in [2.05, 4.69) is 19.5 Å². The first-order chi connectivity index (χ1) is 11.2. The van der Waals surface area contributed by atoms with Crippen molar-refractivity contribution in [2.45, 2.75) is 24.5 Å². The molecule has 0 aliphatic carbocycles. The molecule has 0 radical (unpaired) electrons. The average molecular weight is 417 g/mol. The van der Waals surface area contributed by atoms with Crippen LogP contribution in [-0.4, -0.2) is 54.7 Å². The molecule has 1 fully saturated rings. The van der Waals surface area contributed by atoms with Gasteiger partial charge >= 0.3 is 17.1 Å². The van der Waals surface area contributed by atoms with E-state index in [0.29, 0.717) is 0 Å². The van der Waals surface area contributed by atoms with Gasteiger partial charge in [0.25, 0.3) is 5.56 Å². The quantitative estimate of drug-likeness (QED) is 0.279. The third-order valence-corrected chi connectivity index (χ3v) is 3.92. The van der Waals surface area contributed by atoms with Crippen molar-refractivity contribution in [1.29, 1.82) is 0 Å². The summed E-state index contributed by atoms with van der Waals surface area (Å²) in [6.45, 7) is -0.776. The standard InChI is InChI=1S/C10H14N5O8P.Fe/c11-10-13-7-4(8(18)14-10)12-2-15(7)9-6(17)5(16)3(23-9)1-22-24(19,20)21;/h2-3,5-6,9,16-17H,1H2,(H2,19,20,21)(H3,11,13,14,18);/q;+2/p-2/t3-,5-,6-,9-;/m1./s1. The fraction of sp³-hybridized carbons (Fsp3) is 0.500. The molecule has 1 saturated heterocycles. The van der Waals surface area contributed by atoms with Crippen LogP contribution in [0.5, 0.6) is 0 Å². The van der Waals surface area contributed by atoms with Crippen LogP contribution in [-0.2, 0) is 30.9 Å². The minimum atomic E-state index is -5.26. The Labute approximate surface area is 149 Å². The van der Waals surface area contributed by atoms with Crippen molar-refractivity contribution in [3.63, 3.8) is 0 Å². The van der Waals surface area contributed by atoms with Crippen LogP contribution in [0.25, 0.3) is 11.2 Å². The van der Waals surface area contributed by atoms with Gasteiger partial charge in [0.1, 0.15) is 18.3 Å². The Morgan fingerprint density at radius 3 is 2.76 bits per heavy atom. The van der Waals surface area contributed by atoms with E-state index in [1.165, 1.54) is 0 Å². The number of nitrogens with two attached hydrogens (primary N) is 1. The number of nitrogens with zero attached hydrogens (tertiary/aromatic N) is 3.